The Kier molecular flexibility index (Phi) is 3.38. The van der Waals surface area contributed by atoms with E-state index < -0.39 is 0 Å². The lowest BCUT2D eigenvalue weighted by molar-refractivity contribution is 0.128. The van der Waals surface area contributed by atoms with Crippen LogP contribution in [0, 0.1) is 0 Å². The van der Waals surface area contributed by atoms with Gasteiger partial charge in [0.15, 0.2) is 11.5 Å². The standard InChI is InChI=1S/C10H16N6O/c1-6(17-3)4-12-8-7-9(14-5-13-7)16-10(11-2)15-8/h5-6H,4H2,1-3H3,(H3,11,12,13,14,15,16). The van der Waals surface area contributed by atoms with E-state index >= 15 is 0 Å². The Balaban J connectivity index is 2.27. The molecule has 3 N–H and O–H groups in total. The second-order valence-electron chi connectivity index (χ2n) is 3.67. The maximum Gasteiger partial charge on any atom is 0.226 e. The highest BCUT2D eigenvalue weighted by Gasteiger charge is 2.09. The molecule has 0 amide bonds. The van der Waals surface area contributed by atoms with Crippen molar-refractivity contribution in [3.63, 3.8) is 0 Å². The van der Waals surface area contributed by atoms with Crippen molar-refractivity contribution in [2.45, 2.75) is 13.0 Å². The summed E-state index contributed by atoms with van der Waals surface area (Å²) in [7, 11) is 3.45. The maximum absolute atomic E-state index is 5.17. The average molecular weight is 236 g/mol. The second kappa shape index (κ2) is 4.96. The predicted octanol–water partition coefficient (Wildman–Crippen LogP) is 0.841. The van der Waals surface area contributed by atoms with Crippen molar-refractivity contribution in [3.05, 3.63) is 6.33 Å². The number of hydrogen-bond acceptors (Lipinski definition) is 6. The van der Waals surface area contributed by atoms with Gasteiger partial charge < -0.3 is 20.4 Å². The zero-order valence-electron chi connectivity index (χ0n) is 10.1. The number of nitrogens with one attached hydrogen (secondary N) is 3. The summed E-state index contributed by atoms with van der Waals surface area (Å²) in [4.78, 5) is 15.7. The highest BCUT2D eigenvalue weighted by molar-refractivity contribution is 5.83. The van der Waals surface area contributed by atoms with Gasteiger partial charge in [-0.25, -0.2) is 4.98 Å². The molecule has 1 atom stereocenters. The first kappa shape index (κ1) is 11.6. The van der Waals surface area contributed by atoms with E-state index in [9.17, 15) is 0 Å². The number of fused-ring (bicyclic) bond motifs is 1. The van der Waals surface area contributed by atoms with Crippen molar-refractivity contribution in [2.75, 3.05) is 31.3 Å². The Morgan fingerprint density at radius 3 is 3.00 bits per heavy atom. The van der Waals surface area contributed by atoms with Gasteiger partial charge in [-0.2, -0.15) is 9.97 Å². The van der Waals surface area contributed by atoms with Crippen LogP contribution in [0.1, 0.15) is 6.92 Å². The minimum absolute atomic E-state index is 0.112. The summed E-state index contributed by atoms with van der Waals surface area (Å²) in [6.07, 6.45) is 1.71. The fourth-order valence-corrected chi connectivity index (χ4v) is 1.40. The van der Waals surface area contributed by atoms with E-state index in [0.29, 0.717) is 18.1 Å². The molecule has 0 saturated carbocycles. The summed E-state index contributed by atoms with van der Waals surface area (Å²) in [5, 5.41) is 6.12. The summed E-state index contributed by atoms with van der Waals surface area (Å²) in [6, 6.07) is 0. The minimum atomic E-state index is 0.112. The molecule has 92 valence electrons. The summed E-state index contributed by atoms with van der Waals surface area (Å²) >= 11 is 0. The number of ether oxygens (including phenoxy) is 1. The van der Waals surface area contributed by atoms with Crippen molar-refractivity contribution in [3.8, 4) is 0 Å². The fraction of sp³-hybridized carbons (Fsp3) is 0.500. The number of methoxy groups -OCH3 is 1. The SMILES string of the molecule is CNc1nc(NCC(C)OC)c2[nH]cnc2n1. The Morgan fingerprint density at radius 2 is 2.29 bits per heavy atom. The van der Waals surface area contributed by atoms with Crippen LogP contribution in [0.5, 0.6) is 0 Å². The first-order chi connectivity index (χ1) is 8.24. The lowest BCUT2D eigenvalue weighted by Gasteiger charge is -2.12. The molecule has 2 rings (SSSR count). The molecule has 7 heteroatoms. The van der Waals surface area contributed by atoms with Gasteiger partial charge in [-0.1, -0.05) is 0 Å². The molecule has 0 spiro atoms. The highest BCUT2D eigenvalue weighted by Crippen LogP contribution is 2.18. The van der Waals surface area contributed by atoms with E-state index in [0.717, 1.165) is 11.3 Å². The molecule has 0 aromatic carbocycles. The van der Waals surface area contributed by atoms with Crippen LogP contribution in [0.3, 0.4) is 0 Å². The van der Waals surface area contributed by atoms with Crippen molar-refractivity contribution in [1.29, 1.82) is 0 Å². The van der Waals surface area contributed by atoms with Gasteiger partial charge in [0.1, 0.15) is 5.52 Å². The highest BCUT2D eigenvalue weighted by atomic mass is 16.5. The first-order valence-electron chi connectivity index (χ1n) is 5.40. The molecule has 0 saturated heterocycles. The lowest BCUT2D eigenvalue weighted by atomic mass is 10.4. The smallest absolute Gasteiger partial charge is 0.226 e. The van der Waals surface area contributed by atoms with E-state index in [1.807, 2.05) is 6.92 Å². The number of anilines is 2. The third kappa shape index (κ3) is 2.44. The normalized spacial score (nSPS) is 12.6. The fourth-order valence-electron chi connectivity index (χ4n) is 1.40. The zero-order valence-corrected chi connectivity index (χ0v) is 10.1. The van der Waals surface area contributed by atoms with Crippen LogP contribution in [-0.4, -0.2) is 46.7 Å². The van der Waals surface area contributed by atoms with Crippen LogP contribution in [0.25, 0.3) is 11.2 Å². The van der Waals surface area contributed by atoms with Crippen LogP contribution in [-0.2, 0) is 4.74 Å². The number of aromatic amines is 1. The summed E-state index contributed by atoms with van der Waals surface area (Å²) in [6.45, 7) is 2.65. The minimum Gasteiger partial charge on any atom is -0.380 e. The van der Waals surface area contributed by atoms with E-state index in [1.54, 1.807) is 20.5 Å². The van der Waals surface area contributed by atoms with Gasteiger partial charge in [0.2, 0.25) is 5.95 Å². The van der Waals surface area contributed by atoms with Crippen molar-refractivity contribution in [2.24, 2.45) is 0 Å². The number of hydrogen-bond donors (Lipinski definition) is 3. The van der Waals surface area contributed by atoms with Gasteiger partial charge in [0.25, 0.3) is 0 Å². The second-order valence-corrected chi connectivity index (χ2v) is 3.67. The van der Waals surface area contributed by atoms with Gasteiger partial charge in [0.05, 0.1) is 12.4 Å². The summed E-state index contributed by atoms with van der Waals surface area (Å²) in [5.41, 5.74) is 1.43. The molecule has 0 fully saturated rings. The number of H-pyrrole nitrogens is 1. The first-order valence-corrected chi connectivity index (χ1v) is 5.40. The molecule has 1 unspecified atom stereocenters. The van der Waals surface area contributed by atoms with Crippen molar-refractivity contribution in [1.82, 2.24) is 19.9 Å². The van der Waals surface area contributed by atoms with Crippen LogP contribution < -0.4 is 10.6 Å². The molecule has 0 bridgehead atoms. The molecule has 17 heavy (non-hydrogen) atoms. The maximum atomic E-state index is 5.17. The number of nitrogens with zero attached hydrogens (tertiary/aromatic N) is 3. The molecule has 2 heterocycles. The van der Waals surface area contributed by atoms with Crippen LogP contribution in [0.4, 0.5) is 11.8 Å². The Labute approximate surface area is 99.0 Å². The van der Waals surface area contributed by atoms with Crippen LogP contribution in [0.2, 0.25) is 0 Å². The van der Waals surface area contributed by atoms with Gasteiger partial charge >= 0.3 is 0 Å². The third-order valence-electron chi connectivity index (χ3n) is 2.47. The topological polar surface area (TPSA) is 87.8 Å². The average Bonchev–Trinajstić information content (AvgIpc) is 2.83. The lowest BCUT2D eigenvalue weighted by Crippen LogP contribution is -2.19. The van der Waals surface area contributed by atoms with Crippen molar-refractivity contribution >= 4 is 22.9 Å². The number of imidazole rings is 1. The zero-order chi connectivity index (χ0) is 12.3. The molecule has 0 aliphatic carbocycles. The van der Waals surface area contributed by atoms with E-state index in [4.69, 9.17) is 4.74 Å². The predicted molar refractivity (Wildman–Crippen MR) is 66.2 cm³/mol. The molecular formula is C10H16N6O. The Morgan fingerprint density at radius 1 is 1.47 bits per heavy atom. The van der Waals surface area contributed by atoms with Crippen LogP contribution >= 0.6 is 0 Å². The van der Waals surface area contributed by atoms with Gasteiger partial charge in [0, 0.05) is 20.7 Å². The molecule has 0 radical (unpaired) electrons. The van der Waals surface area contributed by atoms with E-state index in [-0.39, 0.29) is 6.10 Å². The third-order valence-corrected chi connectivity index (χ3v) is 2.47. The van der Waals surface area contributed by atoms with Crippen LogP contribution in [0.15, 0.2) is 6.33 Å². The molecule has 7 nitrogen and oxygen atoms in total. The number of rotatable bonds is 5. The van der Waals surface area contributed by atoms with E-state index in [2.05, 4.69) is 30.6 Å². The Bertz CT molecular complexity index is 497. The van der Waals surface area contributed by atoms with E-state index in [1.165, 1.54) is 0 Å². The largest absolute Gasteiger partial charge is 0.380 e. The monoisotopic (exact) mass is 236 g/mol. The Hall–Kier alpha value is -1.89. The molecule has 0 aliphatic rings. The molecular weight excluding hydrogens is 220 g/mol. The van der Waals surface area contributed by atoms with Gasteiger partial charge in [-0.15, -0.1) is 0 Å². The molecule has 2 aromatic heterocycles. The van der Waals surface area contributed by atoms with Gasteiger partial charge in [-0.05, 0) is 6.92 Å². The number of aromatic nitrogens is 4. The summed E-state index contributed by atoms with van der Waals surface area (Å²) < 4.78 is 5.17. The van der Waals surface area contributed by atoms with Crippen molar-refractivity contribution < 1.29 is 4.74 Å². The van der Waals surface area contributed by atoms with Gasteiger partial charge in [-0.3, -0.25) is 0 Å². The quantitative estimate of drug-likeness (QED) is 0.713. The molecule has 2 aromatic rings. The summed E-state index contributed by atoms with van der Waals surface area (Å²) in [5.74, 6) is 1.26. The molecule has 0 aliphatic heterocycles.